The summed E-state index contributed by atoms with van der Waals surface area (Å²) in [6.45, 7) is 4.45. The van der Waals surface area contributed by atoms with Crippen molar-refractivity contribution >= 4 is 21.8 Å². The van der Waals surface area contributed by atoms with Gasteiger partial charge in [-0.3, -0.25) is 4.79 Å². The van der Waals surface area contributed by atoms with Crippen LogP contribution in [0.2, 0.25) is 0 Å². The van der Waals surface area contributed by atoms with Gasteiger partial charge in [-0.25, -0.2) is 0 Å². The van der Waals surface area contributed by atoms with Gasteiger partial charge in [0.1, 0.15) is 0 Å². The molecule has 0 fully saturated rings. The molecule has 0 aromatic heterocycles. The number of aryl methyl sites for hydroxylation is 1. The molecule has 1 N–H and O–H groups in total. The number of alkyl halides is 1. The number of nitrogens with one attached hydrogen (secondary N) is 1. The third-order valence-electron chi connectivity index (χ3n) is 1.95. The van der Waals surface area contributed by atoms with E-state index in [4.69, 9.17) is 0 Å². The second kappa shape index (κ2) is 5.15. The maximum absolute atomic E-state index is 11.2. The van der Waals surface area contributed by atoms with E-state index in [1.54, 1.807) is 0 Å². The van der Waals surface area contributed by atoms with Gasteiger partial charge in [0.05, 0.1) is 4.83 Å². The first-order valence-electron chi connectivity index (χ1n) is 4.57. The highest BCUT2D eigenvalue weighted by Crippen LogP contribution is 2.03. The third-order valence-corrected chi connectivity index (χ3v) is 2.36. The number of carbonyl (C=O) groups excluding carboxylic acids is 1. The smallest absolute Gasteiger partial charge is 0.233 e. The second-order valence-electron chi connectivity index (χ2n) is 3.32. The minimum absolute atomic E-state index is 0.0191. The van der Waals surface area contributed by atoms with Crippen LogP contribution in [0, 0.1) is 6.92 Å². The lowest BCUT2D eigenvalue weighted by molar-refractivity contribution is -0.120. The maximum atomic E-state index is 11.2. The van der Waals surface area contributed by atoms with E-state index in [1.807, 2.05) is 38.1 Å². The van der Waals surface area contributed by atoms with E-state index in [0.29, 0.717) is 6.54 Å². The summed E-state index contributed by atoms with van der Waals surface area (Å²) in [4.78, 5) is 11.1. The quantitative estimate of drug-likeness (QED) is 0.826. The number of amides is 1. The van der Waals surface area contributed by atoms with Crippen LogP contribution in [-0.2, 0) is 11.3 Å². The summed E-state index contributed by atoms with van der Waals surface area (Å²) in [6.07, 6.45) is 0. The Morgan fingerprint density at radius 3 is 2.50 bits per heavy atom. The van der Waals surface area contributed by atoms with Gasteiger partial charge in [-0.15, -0.1) is 0 Å². The lowest BCUT2D eigenvalue weighted by Crippen LogP contribution is -2.28. The molecule has 14 heavy (non-hydrogen) atoms. The number of carbonyl (C=O) groups is 1. The molecule has 1 atom stereocenters. The van der Waals surface area contributed by atoms with Gasteiger partial charge in [-0.2, -0.15) is 0 Å². The van der Waals surface area contributed by atoms with Gasteiger partial charge in [0.2, 0.25) is 5.91 Å². The van der Waals surface area contributed by atoms with Crippen LogP contribution in [0.1, 0.15) is 18.1 Å². The monoisotopic (exact) mass is 255 g/mol. The first-order valence-corrected chi connectivity index (χ1v) is 5.48. The zero-order chi connectivity index (χ0) is 10.6. The Kier molecular flexibility index (Phi) is 4.14. The summed E-state index contributed by atoms with van der Waals surface area (Å²) in [7, 11) is 0. The summed E-state index contributed by atoms with van der Waals surface area (Å²) in [5.41, 5.74) is 2.35. The normalized spacial score (nSPS) is 12.2. The molecule has 2 nitrogen and oxygen atoms in total. The van der Waals surface area contributed by atoms with Crippen LogP contribution in [0.25, 0.3) is 0 Å². The average Bonchev–Trinajstić information content (AvgIpc) is 2.16. The molecule has 3 heteroatoms. The van der Waals surface area contributed by atoms with Crippen molar-refractivity contribution in [1.82, 2.24) is 5.32 Å². The highest BCUT2D eigenvalue weighted by atomic mass is 79.9. The Balaban J connectivity index is 2.46. The highest BCUT2D eigenvalue weighted by Gasteiger charge is 2.06. The minimum atomic E-state index is -0.132. The average molecular weight is 256 g/mol. The van der Waals surface area contributed by atoms with Gasteiger partial charge in [0, 0.05) is 6.54 Å². The molecule has 0 saturated heterocycles. The number of hydrogen-bond acceptors (Lipinski definition) is 1. The van der Waals surface area contributed by atoms with Gasteiger partial charge in [0.15, 0.2) is 0 Å². The van der Waals surface area contributed by atoms with Gasteiger partial charge in [-0.05, 0) is 19.4 Å². The maximum Gasteiger partial charge on any atom is 0.233 e. The van der Waals surface area contributed by atoms with Crippen molar-refractivity contribution in [3.8, 4) is 0 Å². The van der Waals surface area contributed by atoms with E-state index in [-0.39, 0.29) is 10.7 Å². The van der Waals surface area contributed by atoms with E-state index in [1.165, 1.54) is 5.56 Å². The zero-order valence-electron chi connectivity index (χ0n) is 8.38. The van der Waals surface area contributed by atoms with Gasteiger partial charge < -0.3 is 5.32 Å². The molecule has 1 amide bonds. The van der Waals surface area contributed by atoms with E-state index >= 15 is 0 Å². The molecule has 0 heterocycles. The largest absolute Gasteiger partial charge is 0.351 e. The summed E-state index contributed by atoms with van der Waals surface area (Å²) in [5, 5.41) is 2.83. The summed E-state index contributed by atoms with van der Waals surface area (Å²) in [6, 6.07) is 8.13. The highest BCUT2D eigenvalue weighted by molar-refractivity contribution is 9.10. The zero-order valence-corrected chi connectivity index (χ0v) is 9.97. The van der Waals surface area contributed by atoms with Crippen LogP contribution in [-0.4, -0.2) is 10.7 Å². The molecule has 1 aromatic carbocycles. The molecule has 0 aliphatic rings. The molecule has 0 spiro atoms. The Morgan fingerprint density at radius 2 is 2.00 bits per heavy atom. The lowest BCUT2D eigenvalue weighted by atomic mass is 10.1. The van der Waals surface area contributed by atoms with E-state index in [2.05, 4.69) is 21.2 Å². The fraction of sp³-hybridized carbons (Fsp3) is 0.364. The third kappa shape index (κ3) is 3.50. The van der Waals surface area contributed by atoms with Crippen molar-refractivity contribution in [3.05, 3.63) is 35.4 Å². The van der Waals surface area contributed by atoms with Crippen molar-refractivity contribution in [2.45, 2.75) is 25.2 Å². The van der Waals surface area contributed by atoms with Crippen molar-refractivity contribution in [2.24, 2.45) is 0 Å². The number of rotatable bonds is 3. The van der Waals surface area contributed by atoms with E-state index < -0.39 is 0 Å². The molecule has 0 saturated carbocycles. The van der Waals surface area contributed by atoms with E-state index in [0.717, 1.165) is 5.56 Å². The molecule has 0 radical (unpaired) electrons. The van der Waals surface area contributed by atoms with Gasteiger partial charge >= 0.3 is 0 Å². The van der Waals surface area contributed by atoms with Crippen LogP contribution < -0.4 is 5.32 Å². The Bertz CT molecular complexity index is 306. The second-order valence-corrected chi connectivity index (χ2v) is 4.69. The summed E-state index contributed by atoms with van der Waals surface area (Å²) < 4.78 is 0. The van der Waals surface area contributed by atoms with Crippen molar-refractivity contribution in [3.63, 3.8) is 0 Å². The van der Waals surface area contributed by atoms with Crippen LogP contribution in [0.15, 0.2) is 24.3 Å². The molecule has 1 aromatic rings. The fourth-order valence-electron chi connectivity index (χ4n) is 1.04. The number of hydrogen-bond donors (Lipinski definition) is 1. The first-order chi connectivity index (χ1) is 6.59. The number of benzene rings is 1. The molecular weight excluding hydrogens is 242 g/mol. The van der Waals surface area contributed by atoms with Crippen LogP contribution in [0.4, 0.5) is 0 Å². The predicted octanol–water partition coefficient (Wildman–Crippen LogP) is 2.39. The molecule has 0 bridgehead atoms. The Labute approximate surface area is 92.8 Å². The Hall–Kier alpha value is -0.830. The molecule has 1 rings (SSSR count). The number of halogens is 1. The predicted molar refractivity (Wildman–Crippen MR) is 61.4 cm³/mol. The minimum Gasteiger partial charge on any atom is -0.351 e. The SMILES string of the molecule is Cc1ccc(CNC(=O)C(C)Br)cc1. The molecule has 76 valence electrons. The van der Waals surface area contributed by atoms with Crippen molar-refractivity contribution in [2.75, 3.05) is 0 Å². The van der Waals surface area contributed by atoms with Crippen LogP contribution in [0.5, 0.6) is 0 Å². The van der Waals surface area contributed by atoms with Gasteiger partial charge in [0.25, 0.3) is 0 Å². The van der Waals surface area contributed by atoms with Crippen LogP contribution in [0.3, 0.4) is 0 Å². The lowest BCUT2D eigenvalue weighted by Gasteiger charge is -2.06. The molecular formula is C11H14BrNO. The van der Waals surface area contributed by atoms with Crippen molar-refractivity contribution in [1.29, 1.82) is 0 Å². The molecule has 0 aliphatic heterocycles. The van der Waals surface area contributed by atoms with Gasteiger partial charge in [-0.1, -0.05) is 45.8 Å². The standard InChI is InChI=1S/C11H14BrNO/c1-8-3-5-10(6-4-8)7-13-11(14)9(2)12/h3-6,9H,7H2,1-2H3,(H,13,14). The topological polar surface area (TPSA) is 29.1 Å². The van der Waals surface area contributed by atoms with Crippen LogP contribution >= 0.6 is 15.9 Å². The Morgan fingerprint density at radius 1 is 1.43 bits per heavy atom. The molecule has 1 unspecified atom stereocenters. The molecule has 0 aliphatic carbocycles. The summed E-state index contributed by atoms with van der Waals surface area (Å²) >= 11 is 3.21. The fourth-order valence-corrected chi connectivity index (χ4v) is 1.20. The summed E-state index contributed by atoms with van der Waals surface area (Å²) in [5.74, 6) is 0.0191. The van der Waals surface area contributed by atoms with Crippen molar-refractivity contribution < 1.29 is 4.79 Å². The van der Waals surface area contributed by atoms with E-state index in [9.17, 15) is 4.79 Å². The first kappa shape index (κ1) is 11.2.